The number of aliphatic carboxylic acids is 1. The summed E-state index contributed by atoms with van der Waals surface area (Å²) in [6.45, 7) is 6.61. The van der Waals surface area contributed by atoms with E-state index in [-0.39, 0.29) is 19.6 Å². The first-order valence-corrected chi connectivity index (χ1v) is 12.6. The van der Waals surface area contributed by atoms with Crippen molar-refractivity contribution in [3.63, 3.8) is 0 Å². The van der Waals surface area contributed by atoms with Gasteiger partial charge in [0.2, 0.25) is 0 Å². The normalized spacial score (nSPS) is 11.6. The van der Waals surface area contributed by atoms with E-state index in [2.05, 4.69) is 6.92 Å². The molecule has 0 bridgehead atoms. The molecule has 8 heteroatoms. The molecule has 0 saturated carbocycles. The van der Waals surface area contributed by atoms with Crippen molar-refractivity contribution < 1.29 is 33.6 Å². The topological polar surface area (TPSA) is 94.5 Å². The molecule has 2 rings (SSSR count). The first-order valence-electron chi connectivity index (χ1n) is 12.6. The lowest BCUT2D eigenvalue weighted by Crippen LogP contribution is -2.37. The molecule has 0 radical (unpaired) electrons. The van der Waals surface area contributed by atoms with Gasteiger partial charge in [-0.25, -0.2) is 9.59 Å². The minimum atomic E-state index is -0.981. The zero-order valence-electron chi connectivity index (χ0n) is 21.4. The third-order valence-corrected chi connectivity index (χ3v) is 5.48. The number of benzene rings is 2. The van der Waals surface area contributed by atoms with Gasteiger partial charge in [-0.05, 0) is 36.6 Å². The van der Waals surface area contributed by atoms with Crippen LogP contribution in [0.2, 0.25) is 0 Å². The summed E-state index contributed by atoms with van der Waals surface area (Å²) in [6.07, 6.45) is 2.26. The van der Waals surface area contributed by atoms with E-state index in [1.807, 2.05) is 42.5 Å². The number of hydrogen-bond donors (Lipinski definition) is 1. The van der Waals surface area contributed by atoms with Crippen LogP contribution in [-0.4, -0.2) is 67.7 Å². The van der Waals surface area contributed by atoms with Crippen LogP contribution in [0.3, 0.4) is 0 Å². The predicted octanol–water partition coefficient (Wildman–Crippen LogP) is 4.94. The van der Waals surface area contributed by atoms with Crippen molar-refractivity contribution in [2.75, 3.05) is 39.5 Å². The summed E-state index contributed by atoms with van der Waals surface area (Å²) in [5.74, 6) is -0.346. The van der Waals surface area contributed by atoms with Gasteiger partial charge in [0.15, 0.2) is 6.10 Å². The summed E-state index contributed by atoms with van der Waals surface area (Å²) in [4.78, 5) is 25.6. The zero-order valence-corrected chi connectivity index (χ0v) is 21.4. The summed E-state index contributed by atoms with van der Waals surface area (Å²) >= 11 is 0. The largest absolute Gasteiger partial charge is 0.492 e. The fourth-order valence-electron chi connectivity index (χ4n) is 3.46. The Morgan fingerprint density at radius 3 is 2.28 bits per heavy atom. The Kier molecular flexibility index (Phi) is 14.0. The quantitative estimate of drug-likeness (QED) is 0.289. The number of carboxylic acids is 1. The van der Waals surface area contributed by atoms with Gasteiger partial charge in [-0.1, -0.05) is 62.2 Å². The van der Waals surface area contributed by atoms with E-state index >= 15 is 0 Å². The van der Waals surface area contributed by atoms with Crippen molar-refractivity contribution >= 4 is 12.1 Å². The van der Waals surface area contributed by atoms with Gasteiger partial charge in [-0.15, -0.1) is 0 Å². The average Bonchev–Trinajstić information content (AvgIpc) is 2.89. The summed E-state index contributed by atoms with van der Waals surface area (Å²) in [5.41, 5.74) is 1.77. The van der Waals surface area contributed by atoms with E-state index in [1.54, 1.807) is 24.0 Å². The highest BCUT2D eigenvalue weighted by molar-refractivity contribution is 5.72. The van der Waals surface area contributed by atoms with Crippen LogP contribution in [0.25, 0.3) is 0 Å². The van der Waals surface area contributed by atoms with Gasteiger partial charge < -0.3 is 29.0 Å². The van der Waals surface area contributed by atoms with Crippen LogP contribution in [0.4, 0.5) is 4.79 Å². The van der Waals surface area contributed by atoms with Crippen molar-refractivity contribution in [2.45, 2.75) is 52.2 Å². The first-order chi connectivity index (χ1) is 17.5. The van der Waals surface area contributed by atoms with E-state index < -0.39 is 18.2 Å². The van der Waals surface area contributed by atoms with E-state index in [4.69, 9.17) is 18.9 Å². The molecule has 0 spiro atoms. The highest BCUT2D eigenvalue weighted by Crippen LogP contribution is 2.15. The van der Waals surface area contributed by atoms with Crippen LogP contribution in [-0.2, 0) is 32.0 Å². The van der Waals surface area contributed by atoms with E-state index in [0.29, 0.717) is 38.7 Å². The molecule has 2 aromatic rings. The van der Waals surface area contributed by atoms with Crippen LogP contribution < -0.4 is 4.74 Å². The Morgan fingerprint density at radius 1 is 0.889 bits per heavy atom. The number of ether oxygens (including phenoxy) is 4. The molecule has 0 aliphatic rings. The second kappa shape index (κ2) is 17.3. The van der Waals surface area contributed by atoms with Crippen LogP contribution in [0.5, 0.6) is 5.75 Å². The molecule has 1 amide bonds. The molecule has 8 nitrogen and oxygen atoms in total. The summed E-state index contributed by atoms with van der Waals surface area (Å²) < 4.78 is 22.3. The molecule has 0 aliphatic carbocycles. The molecule has 0 saturated heterocycles. The maximum absolute atomic E-state index is 12.7. The lowest BCUT2D eigenvalue weighted by atomic mass is 10.1. The summed E-state index contributed by atoms with van der Waals surface area (Å²) in [6, 6.07) is 16.8. The molecule has 36 heavy (non-hydrogen) atoms. The number of carbonyl (C=O) groups excluding carboxylic acids is 1. The molecule has 2 aromatic carbocycles. The van der Waals surface area contributed by atoms with Crippen molar-refractivity contribution in [3.8, 4) is 5.75 Å². The highest BCUT2D eigenvalue weighted by atomic mass is 16.6. The van der Waals surface area contributed by atoms with Crippen LogP contribution in [0, 0.1) is 0 Å². The molecule has 0 fully saturated rings. The SMILES string of the molecule is CCCCCOCCN(CCOc1ccc(CC(OCC)C(=O)O)cc1)C(=O)OCc1ccccc1. The van der Waals surface area contributed by atoms with E-state index in [9.17, 15) is 14.7 Å². The highest BCUT2D eigenvalue weighted by Gasteiger charge is 2.18. The second-order valence-corrected chi connectivity index (χ2v) is 8.33. The molecule has 198 valence electrons. The smallest absolute Gasteiger partial charge is 0.410 e. The molecule has 0 aliphatic heterocycles. The monoisotopic (exact) mass is 501 g/mol. The molecule has 1 atom stereocenters. The maximum Gasteiger partial charge on any atom is 0.410 e. The van der Waals surface area contributed by atoms with Crippen molar-refractivity contribution in [3.05, 3.63) is 65.7 Å². The van der Waals surface area contributed by atoms with Crippen LogP contribution >= 0.6 is 0 Å². The molecule has 0 heterocycles. The number of carbonyl (C=O) groups is 2. The maximum atomic E-state index is 12.7. The summed E-state index contributed by atoms with van der Waals surface area (Å²) in [5, 5.41) is 9.25. The molecular weight excluding hydrogens is 462 g/mol. The fourth-order valence-corrected chi connectivity index (χ4v) is 3.46. The van der Waals surface area contributed by atoms with Gasteiger partial charge in [0, 0.05) is 26.2 Å². The predicted molar refractivity (Wildman–Crippen MR) is 137 cm³/mol. The summed E-state index contributed by atoms with van der Waals surface area (Å²) in [7, 11) is 0. The molecule has 1 unspecified atom stereocenters. The van der Waals surface area contributed by atoms with Gasteiger partial charge in [-0.3, -0.25) is 0 Å². The van der Waals surface area contributed by atoms with Crippen LogP contribution in [0.1, 0.15) is 44.2 Å². The molecular formula is C28H39NO7. The number of carboxylic acid groups (broad SMARTS) is 1. The van der Waals surface area contributed by atoms with Crippen molar-refractivity contribution in [1.82, 2.24) is 4.90 Å². The Balaban J connectivity index is 1.84. The van der Waals surface area contributed by atoms with Gasteiger partial charge in [-0.2, -0.15) is 0 Å². The Bertz CT molecular complexity index is 873. The lowest BCUT2D eigenvalue weighted by Gasteiger charge is -2.22. The molecule has 1 N–H and O–H groups in total. The van der Waals surface area contributed by atoms with Gasteiger partial charge in [0.25, 0.3) is 0 Å². The number of nitrogens with zero attached hydrogens (tertiary/aromatic N) is 1. The lowest BCUT2D eigenvalue weighted by molar-refractivity contribution is -0.149. The minimum absolute atomic E-state index is 0.203. The number of unbranched alkanes of at least 4 members (excludes halogenated alkanes) is 2. The Hall–Kier alpha value is -3.10. The minimum Gasteiger partial charge on any atom is -0.492 e. The standard InChI is InChI=1S/C28H39NO7/c1-3-5-9-18-33-19-16-29(28(32)36-22-24-10-7-6-8-11-24)17-20-35-25-14-12-23(13-15-25)21-26(27(30)31)34-4-2/h6-8,10-15,26H,3-5,9,16-22H2,1-2H3,(H,30,31). The van der Waals surface area contributed by atoms with Gasteiger partial charge >= 0.3 is 12.1 Å². The molecule has 0 aromatic heterocycles. The van der Waals surface area contributed by atoms with Gasteiger partial charge in [0.05, 0.1) is 13.2 Å². The fraction of sp³-hybridized carbons (Fsp3) is 0.500. The average molecular weight is 502 g/mol. The second-order valence-electron chi connectivity index (χ2n) is 8.33. The Morgan fingerprint density at radius 2 is 1.61 bits per heavy atom. The Labute approximate surface area is 214 Å². The van der Waals surface area contributed by atoms with E-state index in [1.165, 1.54) is 0 Å². The number of amides is 1. The number of hydrogen-bond acceptors (Lipinski definition) is 6. The first kappa shape index (κ1) is 29.1. The van der Waals surface area contributed by atoms with Gasteiger partial charge in [0.1, 0.15) is 19.0 Å². The zero-order chi connectivity index (χ0) is 26.0. The van der Waals surface area contributed by atoms with Crippen molar-refractivity contribution in [1.29, 1.82) is 0 Å². The number of rotatable bonds is 18. The third kappa shape index (κ3) is 11.6. The van der Waals surface area contributed by atoms with Crippen molar-refractivity contribution in [2.24, 2.45) is 0 Å². The third-order valence-electron chi connectivity index (χ3n) is 5.48. The van der Waals surface area contributed by atoms with Crippen LogP contribution in [0.15, 0.2) is 54.6 Å². The van der Waals surface area contributed by atoms with E-state index in [0.717, 1.165) is 30.4 Å².